The number of halogens is 2. The van der Waals surface area contributed by atoms with Crippen molar-refractivity contribution in [1.29, 1.82) is 0 Å². The Morgan fingerprint density at radius 2 is 1.81 bits per heavy atom. The minimum Gasteiger partial charge on any atom is -0.335 e. The van der Waals surface area contributed by atoms with E-state index in [9.17, 15) is 9.59 Å². The first kappa shape index (κ1) is 16.1. The summed E-state index contributed by atoms with van der Waals surface area (Å²) in [5, 5.41) is 0.740. The van der Waals surface area contributed by atoms with Crippen LogP contribution in [0.2, 0.25) is 10.0 Å². The van der Waals surface area contributed by atoms with Crippen LogP contribution in [-0.4, -0.2) is 46.8 Å². The molecule has 0 saturated carbocycles. The van der Waals surface area contributed by atoms with E-state index in [0.717, 1.165) is 0 Å². The summed E-state index contributed by atoms with van der Waals surface area (Å²) in [6.45, 7) is 7.11. The van der Waals surface area contributed by atoms with Crippen molar-refractivity contribution in [3.63, 3.8) is 0 Å². The molecule has 0 atom stereocenters. The van der Waals surface area contributed by atoms with Crippen LogP contribution in [0.15, 0.2) is 18.2 Å². The van der Waals surface area contributed by atoms with Crippen molar-refractivity contribution in [2.45, 2.75) is 26.3 Å². The van der Waals surface area contributed by atoms with Gasteiger partial charge < -0.3 is 9.80 Å². The first-order chi connectivity index (χ1) is 9.70. The monoisotopic (exact) mass is 328 g/mol. The van der Waals surface area contributed by atoms with Gasteiger partial charge in [0.1, 0.15) is 6.54 Å². The minimum absolute atomic E-state index is 0.0397. The Kier molecular flexibility index (Phi) is 4.49. The van der Waals surface area contributed by atoms with Crippen molar-refractivity contribution in [1.82, 2.24) is 9.80 Å². The van der Waals surface area contributed by atoms with Crippen molar-refractivity contribution < 1.29 is 9.59 Å². The molecule has 1 fully saturated rings. The molecule has 114 valence electrons. The summed E-state index contributed by atoms with van der Waals surface area (Å²) in [4.78, 5) is 28.0. The van der Waals surface area contributed by atoms with E-state index in [1.165, 1.54) is 6.07 Å². The fourth-order valence-corrected chi connectivity index (χ4v) is 2.67. The first-order valence-electron chi connectivity index (χ1n) is 6.75. The van der Waals surface area contributed by atoms with Crippen LogP contribution in [-0.2, 0) is 4.79 Å². The Morgan fingerprint density at radius 1 is 1.14 bits per heavy atom. The lowest BCUT2D eigenvalue weighted by atomic mass is 10.0. The number of hydrogen-bond donors (Lipinski definition) is 0. The fraction of sp³-hybridized carbons (Fsp3) is 0.467. The van der Waals surface area contributed by atoms with Gasteiger partial charge in [-0.15, -0.1) is 0 Å². The van der Waals surface area contributed by atoms with Crippen LogP contribution in [0.1, 0.15) is 31.1 Å². The van der Waals surface area contributed by atoms with Crippen LogP contribution in [0.4, 0.5) is 0 Å². The molecule has 0 N–H and O–H groups in total. The van der Waals surface area contributed by atoms with Crippen LogP contribution in [0.3, 0.4) is 0 Å². The van der Waals surface area contributed by atoms with Crippen LogP contribution in [0.5, 0.6) is 0 Å². The highest BCUT2D eigenvalue weighted by molar-refractivity contribution is 6.42. The highest BCUT2D eigenvalue weighted by Gasteiger charge is 2.33. The molecule has 0 bridgehead atoms. The molecule has 2 amide bonds. The topological polar surface area (TPSA) is 40.6 Å². The maximum Gasteiger partial charge on any atom is 0.254 e. The number of piperazine rings is 1. The van der Waals surface area contributed by atoms with Gasteiger partial charge in [-0.2, -0.15) is 0 Å². The van der Waals surface area contributed by atoms with Gasteiger partial charge in [-0.05, 0) is 39.0 Å². The lowest BCUT2D eigenvalue weighted by Gasteiger charge is -2.42. The van der Waals surface area contributed by atoms with Crippen LogP contribution >= 0.6 is 23.2 Å². The van der Waals surface area contributed by atoms with E-state index in [0.29, 0.717) is 28.7 Å². The van der Waals surface area contributed by atoms with E-state index in [1.54, 1.807) is 21.9 Å². The van der Waals surface area contributed by atoms with Crippen molar-refractivity contribution >= 4 is 35.0 Å². The average molecular weight is 329 g/mol. The second kappa shape index (κ2) is 5.85. The Hall–Kier alpha value is -1.26. The summed E-state index contributed by atoms with van der Waals surface area (Å²) in [6.07, 6.45) is 0. The van der Waals surface area contributed by atoms with E-state index in [-0.39, 0.29) is 23.9 Å². The summed E-state index contributed by atoms with van der Waals surface area (Å²) in [7, 11) is 0. The van der Waals surface area contributed by atoms with E-state index in [4.69, 9.17) is 23.2 Å². The molecule has 1 heterocycles. The molecule has 0 aromatic heterocycles. The van der Waals surface area contributed by atoms with E-state index in [2.05, 4.69) is 0 Å². The summed E-state index contributed by atoms with van der Waals surface area (Å²) in [5.41, 5.74) is 0.219. The van der Waals surface area contributed by atoms with Gasteiger partial charge in [0.05, 0.1) is 10.0 Å². The van der Waals surface area contributed by atoms with E-state index >= 15 is 0 Å². The summed E-state index contributed by atoms with van der Waals surface area (Å²) in [5.74, 6) is -0.238. The van der Waals surface area contributed by atoms with Gasteiger partial charge >= 0.3 is 0 Å². The highest BCUT2D eigenvalue weighted by atomic mass is 35.5. The van der Waals surface area contributed by atoms with Gasteiger partial charge in [0.25, 0.3) is 5.91 Å². The van der Waals surface area contributed by atoms with Crippen LogP contribution in [0, 0.1) is 0 Å². The maximum atomic E-state index is 12.4. The molecule has 2 rings (SSSR count). The zero-order chi connectivity index (χ0) is 15.8. The summed E-state index contributed by atoms with van der Waals surface area (Å²) >= 11 is 11.8. The van der Waals surface area contributed by atoms with Gasteiger partial charge in [0.15, 0.2) is 0 Å². The zero-order valence-electron chi connectivity index (χ0n) is 12.3. The molecular weight excluding hydrogens is 311 g/mol. The third kappa shape index (κ3) is 3.50. The Labute approximate surface area is 134 Å². The largest absolute Gasteiger partial charge is 0.335 e. The second-order valence-corrected chi connectivity index (χ2v) is 6.89. The Morgan fingerprint density at radius 3 is 2.33 bits per heavy atom. The average Bonchev–Trinajstić information content (AvgIpc) is 2.39. The van der Waals surface area contributed by atoms with Crippen LogP contribution in [0.25, 0.3) is 0 Å². The van der Waals surface area contributed by atoms with Gasteiger partial charge in [-0.25, -0.2) is 0 Å². The highest BCUT2D eigenvalue weighted by Crippen LogP contribution is 2.24. The Bertz CT molecular complexity index is 582. The number of carbonyl (C=O) groups excluding carboxylic acids is 2. The molecular formula is C15H18Cl2N2O2. The van der Waals surface area contributed by atoms with Crippen molar-refractivity contribution in [2.75, 3.05) is 19.6 Å². The third-order valence-corrected chi connectivity index (χ3v) is 4.22. The van der Waals surface area contributed by atoms with Crippen molar-refractivity contribution in [2.24, 2.45) is 0 Å². The van der Waals surface area contributed by atoms with E-state index in [1.807, 2.05) is 20.8 Å². The van der Waals surface area contributed by atoms with E-state index < -0.39 is 0 Å². The quantitative estimate of drug-likeness (QED) is 0.794. The van der Waals surface area contributed by atoms with Gasteiger partial charge in [0.2, 0.25) is 5.91 Å². The molecule has 1 aliphatic heterocycles. The molecule has 0 spiro atoms. The summed E-state index contributed by atoms with van der Waals surface area (Å²) in [6, 6.07) is 4.74. The smallest absolute Gasteiger partial charge is 0.254 e. The molecule has 4 nitrogen and oxygen atoms in total. The number of nitrogens with zero attached hydrogens (tertiary/aromatic N) is 2. The molecule has 1 aromatic rings. The SMILES string of the molecule is CC(C)(C)N1CCN(C(=O)c2ccc(Cl)c(Cl)c2)CC1=O. The standard InChI is InChI=1S/C15H18Cl2N2O2/c1-15(2,3)19-7-6-18(9-13(19)20)14(21)10-4-5-11(16)12(17)8-10/h4-5,8H,6-7,9H2,1-3H3. The van der Waals surface area contributed by atoms with Crippen molar-refractivity contribution in [3.05, 3.63) is 33.8 Å². The second-order valence-electron chi connectivity index (χ2n) is 6.07. The third-order valence-electron chi connectivity index (χ3n) is 3.48. The Balaban J connectivity index is 2.12. The molecule has 6 heteroatoms. The molecule has 0 aliphatic carbocycles. The van der Waals surface area contributed by atoms with Gasteiger partial charge in [0, 0.05) is 24.2 Å². The van der Waals surface area contributed by atoms with Gasteiger partial charge in [-0.3, -0.25) is 9.59 Å². The predicted octanol–water partition coefficient (Wildman–Crippen LogP) is 3.08. The summed E-state index contributed by atoms with van der Waals surface area (Å²) < 4.78 is 0. The molecule has 21 heavy (non-hydrogen) atoms. The molecule has 0 unspecified atom stereocenters. The minimum atomic E-state index is -0.226. The van der Waals surface area contributed by atoms with Gasteiger partial charge in [-0.1, -0.05) is 23.2 Å². The number of hydrogen-bond acceptors (Lipinski definition) is 2. The number of benzene rings is 1. The lowest BCUT2D eigenvalue weighted by molar-refractivity contribution is -0.140. The molecule has 1 saturated heterocycles. The first-order valence-corrected chi connectivity index (χ1v) is 7.50. The van der Waals surface area contributed by atoms with Crippen molar-refractivity contribution in [3.8, 4) is 0 Å². The molecule has 1 aromatic carbocycles. The molecule has 1 aliphatic rings. The fourth-order valence-electron chi connectivity index (χ4n) is 2.37. The number of amides is 2. The maximum absolute atomic E-state index is 12.4. The predicted molar refractivity (Wildman–Crippen MR) is 83.8 cm³/mol. The zero-order valence-corrected chi connectivity index (χ0v) is 13.8. The number of rotatable bonds is 1. The van der Waals surface area contributed by atoms with Crippen LogP contribution < -0.4 is 0 Å². The number of carbonyl (C=O) groups is 2. The lowest BCUT2D eigenvalue weighted by Crippen LogP contribution is -2.58. The molecule has 0 radical (unpaired) electrons. The normalized spacial score (nSPS) is 16.3.